The van der Waals surface area contributed by atoms with Gasteiger partial charge >= 0.3 is 5.69 Å². The van der Waals surface area contributed by atoms with Crippen LogP contribution in [0, 0.1) is 10.1 Å². The predicted molar refractivity (Wildman–Crippen MR) is 75.1 cm³/mol. The number of amides is 1. The molecule has 1 fully saturated rings. The van der Waals surface area contributed by atoms with Gasteiger partial charge < -0.3 is 20.9 Å². The lowest BCUT2D eigenvalue weighted by Crippen LogP contribution is -2.27. The molecule has 1 heterocycles. The number of phenols is 1. The van der Waals surface area contributed by atoms with E-state index in [2.05, 4.69) is 5.32 Å². The maximum absolute atomic E-state index is 12.0. The minimum Gasteiger partial charge on any atom is -0.502 e. The average molecular weight is 295 g/mol. The number of phenolic OH excluding ortho intramolecular Hbond substituents is 1. The first kappa shape index (κ1) is 15.0. The number of benzene rings is 1. The van der Waals surface area contributed by atoms with Crippen molar-refractivity contribution in [2.45, 2.75) is 25.4 Å². The van der Waals surface area contributed by atoms with Crippen LogP contribution in [0.1, 0.15) is 29.6 Å². The zero-order valence-electron chi connectivity index (χ0n) is 11.4. The Morgan fingerprint density at radius 3 is 2.95 bits per heavy atom. The molecular weight excluding hydrogens is 278 g/mol. The Balaban J connectivity index is 2.00. The highest BCUT2D eigenvalue weighted by molar-refractivity contribution is 6.00. The molecule has 1 atom stereocenters. The lowest BCUT2D eigenvalue weighted by Gasteiger charge is -2.11. The third-order valence-corrected chi connectivity index (χ3v) is 3.36. The Kier molecular flexibility index (Phi) is 4.59. The van der Waals surface area contributed by atoms with Crippen LogP contribution in [0.3, 0.4) is 0 Å². The zero-order valence-corrected chi connectivity index (χ0v) is 11.4. The van der Waals surface area contributed by atoms with Crippen LogP contribution in [0.4, 0.5) is 11.4 Å². The molecule has 21 heavy (non-hydrogen) atoms. The van der Waals surface area contributed by atoms with E-state index in [0.29, 0.717) is 13.0 Å². The van der Waals surface area contributed by atoms with E-state index >= 15 is 0 Å². The van der Waals surface area contributed by atoms with Crippen LogP contribution in [0.25, 0.3) is 0 Å². The van der Waals surface area contributed by atoms with Gasteiger partial charge in [0.25, 0.3) is 5.91 Å². The number of carbonyl (C=O) groups is 1. The number of nitro groups is 1. The number of carbonyl (C=O) groups excluding carboxylic acids is 1. The Labute approximate surface area is 121 Å². The van der Waals surface area contributed by atoms with Crippen molar-refractivity contribution < 1.29 is 19.6 Å². The van der Waals surface area contributed by atoms with Crippen molar-refractivity contribution >= 4 is 17.3 Å². The molecule has 0 saturated carbocycles. The molecule has 1 aromatic rings. The van der Waals surface area contributed by atoms with Gasteiger partial charge in [0.15, 0.2) is 5.75 Å². The fraction of sp³-hybridized carbons (Fsp3) is 0.462. The summed E-state index contributed by atoms with van der Waals surface area (Å²) in [5, 5.41) is 22.8. The SMILES string of the molecule is Nc1cc(O)c([N+](=O)[O-])cc1C(=O)NCCC1CCCO1. The second-order valence-electron chi connectivity index (χ2n) is 4.86. The molecular formula is C13H17N3O5. The summed E-state index contributed by atoms with van der Waals surface area (Å²) < 4.78 is 5.43. The number of nitro benzene ring substituents is 1. The Morgan fingerprint density at radius 1 is 1.57 bits per heavy atom. The predicted octanol–water partition coefficient (Wildman–Crippen LogP) is 1.18. The highest BCUT2D eigenvalue weighted by Crippen LogP contribution is 2.30. The molecule has 1 unspecified atom stereocenters. The summed E-state index contributed by atoms with van der Waals surface area (Å²) >= 11 is 0. The van der Waals surface area contributed by atoms with Crippen molar-refractivity contribution in [2.24, 2.45) is 0 Å². The maximum Gasteiger partial charge on any atom is 0.311 e. The van der Waals surface area contributed by atoms with Crippen molar-refractivity contribution in [1.29, 1.82) is 0 Å². The molecule has 1 aliphatic heterocycles. The number of nitrogens with two attached hydrogens (primary N) is 1. The standard InChI is InChI=1S/C13H17N3O5/c14-10-7-12(17)11(16(19)20)6-9(10)13(18)15-4-3-8-2-1-5-21-8/h6-8,17H,1-5,14H2,(H,15,18). The smallest absolute Gasteiger partial charge is 0.311 e. The molecule has 2 rings (SSSR count). The molecule has 114 valence electrons. The van der Waals surface area contributed by atoms with E-state index in [1.54, 1.807) is 0 Å². The van der Waals surface area contributed by atoms with Crippen molar-refractivity contribution in [2.75, 3.05) is 18.9 Å². The van der Waals surface area contributed by atoms with E-state index in [1.165, 1.54) is 0 Å². The van der Waals surface area contributed by atoms with E-state index in [1.807, 2.05) is 0 Å². The van der Waals surface area contributed by atoms with Gasteiger partial charge in [-0.15, -0.1) is 0 Å². The number of hydrogen-bond acceptors (Lipinski definition) is 6. The number of ether oxygens (including phenoxy) is 1. The summed E-state index contributed by atoms with van der Waals surface area (Å²) in [5.41, 5.74) is 5.04. The first-order valence-corrected chi connectivity index (χ1v) is 6.65. The van der Waals surface area contributed by atoms with Gasteiger partial charge in [0, 0.05) is 31.0 Å². The minimum absolute atomic E-state index is 0.00674. The van der Waals surface area contributed by atoms with Gasteiger partial charge in [0.2, 0.25) is 0 Å². The molecule has 1 aromatic carbocycles. The highest BCUT2D eigenvalue weighted by Gasteiger charge is 2.21. The first-order valence-electron chi connectivity index (χ1n) is 6.65. The van der Waals surface area contributed by atoms with E-state index in [0.717, 1.165) is 31.6 Å². The maximum atomic E-state index is 12.0. The molecule has 8 nitrogen and oxygen atoms in total. The molecule has 0 spiro atoms. The van der Waals surface area contributed by atoms with Gasteiger partial charge in [-0.2, -0.15) is 0 Å². The van der Waals surface area contributed by atoms with Gasteiger partial charge in [-0.25, -0.2) is 0 Å². The van der Waals surface area contributed by atoms with E-state index in [9.17, 15) is 20.0 Å². The molecule has 0 bridgehead atoms. The Morgan fingerprint density at radius 2 is 2.33 bits per heavy atom. The Bertz CT molecular complexity index is 555. The van der Waals surface area contributed by atoms with Crippen molar-refractivity contribution in [3.05, 3.63) is 27.8 Å². The Hall–Kier alpha value is -2.35. The van der Waals surface area contributed by atoms with Gasteiger partial charge in [-0.05, 0) is 19.3 Å². The van der Waals surface area contributed by atoms with Gasteiger partial charge in [-0.3, -0.25) is 14.9 Å². The van der Waals surface area contributed by atoms with Crippen molar-refractivity contribution in [1.82, 2.24) is 5.32 Å². The molecule has 8 heteroatoms. The van der Waals surface area contributed by atoms with Crippen LogP contribution in [0.2, 0.25) is 0 Å². The van der Waals surface area contributed by atoms with Gasteiger partial charge in [-0.1, -0.05) is 0 Å². The minimum atomic E-state index is -0.766. The first-order chi connectivity index (χ1) is 9.99. The number of hydrogen-bond donors (Lipinski definition) is 3. The average Bonchev–Trinajstić information content (AvgIpc) is 2.91. The molecule has 0 aromatic heterocycles. The topological polar surface area (TPSA) is 128 Å². The van der Waals surface area contributed by atoms with Crippen molar-refractivity contribution in [3.8, 4) is 5.75 Å². The number of rotatable bonds is 5. The molecule has 1 aliphatic rings. The van der Waals surface area contributed by atoms with E-state index < -0.39 is 22.3 Å². The number of nitrogens with one attached hydrogen (secondary N) is 1. The molecule has 1 amide bonds. The molecule has 4 N–H and O–H groups in total. The van der Waals surface area contributed by atoms with Crippen LogP contribution >= 0.6 is 0 Å². The second kappa shape index (κ2) is 6.40. The lowest BCUT2D eigenvalue weighted by atomic mass is 10.1. The van der Waals surface area contributed by atoms with Crippen molar-refractivity contribution in [3.63, 3.8) is 0 Å². The van der Waals surface area contributed by atoms with Gasteiger partial charge in [0.1, 0.15) is 0 Å². The number of anilines is 1. The fourth-order valence-electron chi connectivity index (χ4n) is 2.25. The monoisotopic (exact) mass is 295 g/mol. The lowest BCUT2D eigenvalue weighted by molar-refractivity contribution is -0.385. The second-order valence-corrected chi connectivity index (χ2v) is 4.86. The third-order valence-electron chi connectivity index (χ3n) is 3.36. The number of aromatic hydroxyl groups is 1. The van der Waals surface area contributed by atoms with E-state index in [4.69, 9.17) is 10.5 Å². The number of nitrogen functional groups attached to an aromatic ring is 1. The van der Waals surface area contributed by atoms with Crippen LogP contribution < -0.4 is 11.1 Å². The normalized spacial score (nSPS) is 17.6. The largest absolute Gasteiger partial charge is 0.502 e. The summed E-state index contributed by atoms with van der Waals surface area (Å²) in [4.78, 5) is 22.0. The van der Waals surface area contributed by atoms with Crippen LogP contribution in [-0.4, -0.2) is 35.2 Å². The molecule has 0 aliphatic carbocycles. The summed E-state index contributed by atoms with van der Waals surface area (Å²) in [5.74, 6) is -1.07. The summed E-state index contributed by atoms with van der Waals surface area (Å²) in [6, 6.07) is 1.99. The summed E-state index contributed by atoms with van der Waals surface area (Å²) in [6.45, 7) is 1.15. The number of nitrogens with zero attached hydrogens (tertiary/aromatic N) is 1. The van der Waals surface area contributed by atoms with Crippen LogP contribution in [-0.2, 0) is 4.74 Å². The van der Waals surface area contributed by atoms with Crippen LogP contribution in [0.15, 0.2) is 12.1 Å². The quantitative estimate of drug-likeness (QED) is 0.425. The fourth-order valence-corrected chi connectivity index (χ4v) is 2.25. The molecule has 0 radical (unpaired) electrons. The van der Waals surface area contributed by atoms with E-state index in [-0.39, 0.29) is 17.4 Å². The summed E-state index contributed by atoms with van der Waals surface area (Å²) in [7, 11) is 0. The summed E-state index contributed by atoms with van der Waals surface area (Å²) in [6.07, 6.45) is 2.83. The third kappa shape index (κ3) is 3.60. The zero-order chi connectivity index (χ0) is 15.4. The molecule has 1 saturated heterocycles. The highest BCUT2D eigenvalue weighted by atomic mass is 16.6. The van der Waals surface area contributed by atoms with Gasteiger partial charge in [0.05, 0.1) is 16.6 Å². The van der Waals surface area contributed by atoms with Crippen LogP contribution in [0.5, 0.6) is 5.75 Å².